The molecule has 2 heterocycles. The minimum Gasteiger partial charge on any atom is -0.208 e. The lowest BCUT2D eigenvalue weighted by molar-refractivity contribution is 0.722. The molecule has 9 aromatic rings. The SMILES string of the molecule is N#Cc1ccccc1-c1ccc2c(c1)-c1cc(-c3nc(-c4ccccc4)nc(-c4ccc5ccccc5c4)n3)ccc1C21c2ccccc2Sc2ccccc21. The minimum atomic E-state index is -0.542. The lowest BCUT2D eigenvalue weighted by Crippen LogP contribution is -2.31. The maximum absolute atomic E-state index is 10.1. The normalized spacial score (nSPS) is 13.1. The molecule has 1 aliphatic heterocycles. The third kappa shape index (κ3) is 4.90. The van der Waals surface area contributed by atoms with E-state index < -0.39 is 5.41 Å². The summed E-state index contributed by atoms with van der Waals surface area (Å²) in [6.07, 6.45) is 0. The zero-order valence-electron chi connectivity index (χ0n) is 30.0. The number of hydrogen-bond acceptors (Lipinski definition) is 5. The van der Waals surface area contributed by atoms with E-state index in [1.807, 2.05) is 66.4 Å². The van der Waals surface area contributed by atoms with Gasteiger partial charge in [-0.05, 0) is 91.7 Å². The van der Waals surface area contributed by atoms with Crippen molar-refractivity contribution in [2.75, 3.05) is 0 Å². The molecule has 260 valence electrons. The third-order valence-electron chi connectivity index (χ3n) is 11.2. The first-order valence-corrected chi connectivity index (χ1v) is 19.5. The van der Waals surface area contributed by atoms with E-state index in [1.54, 1.807) is 0 Å². The second kappa shape index (κ2) is 12.7. The summed E-state index contributed by atoms with van der Waals surface area (Å²) in [6.45, 7) is 0. The van der Waals surface area contributed by atoms with E-state index >= 15 is 0 Å². The maximum atomic E-state index is 10.1. The number of fused-ring (bicyclic) bond motifs is 10. The zero-order valence-corrected chi connectivity index (χ0v) is 30.8. The van der Waals surface area contributed by atoms with Crippen LogP contribution in [-0.2, 0) is 5.41 Å². The van der Waals surface area contributed by atoms with Crippen LogP contribution >= 0.6 is 11.8 Å². The minimum absolute atomic E-state index is 0.542. The van der Waals surface area contributed by atoms with Crippen molar-refractivity contribution in [2.24, 2.45) is 0 Å². The van der Waals surface area contributed by atoms with Crippen LogP contribution < -0.4 is 0 Å². The van der Waals surface area contributed by atoms with Gasteiger partial charge in [-0.15, -0.1) is 0 Å². The Morgan fingerprint density at radius 3 is 1.61 bits per heavy atom. The molecule has 8 aromatic carbocycles. The van der Waals surface area contributed by atoms with Gasteiger partial charge >= 0.3 is 0 Å². The van der Waals surface area contributed by atoms with E-state index in [4.69, 9.17) is 15.0 Å². The van der Waals surface area contributed by atoms with Crippen molar-refractivity contribution in [3.63, 3.8) is 0 Å². The lowest BCUT2D eigenvalue weighted by atomic mass is 9.67. The van der Waals surface area contributed by atoms with E-state index in [0.717, 1.165) is 44.3 Å². The molecule has 11 rings (SSSR count). The monoisotopic (exact) mass is 730 g/mol. The van der Waals surface area contributed by atoms with E-state index in [0.29, 0.717) is 23.0 Å². The van der Waals surface area contributed by atoms with Crippen molar-refractivity contribution in [3.8, 4) is 62.5 Å². The lowest BCUT2D eigenvalue weighted by Gasteiger charge is -2.39. The predicted octanol–water partition coefficient (Wildman–Crippen LogP) is 12.4. The Labute approximate surface area is 328 Å². The van der Waals surface area contributed by atoms with E-state index in [2.05, 4.69) is 133 Å². The Balaban J connectivity index is 1.18. The standard InChI is InChI=1S/C51H30N4S/c52-31-38-16-6-7-17-39(38)35-24-26-42-40(29-35)41-30-37(25-27-43(41)51(42)44-18-8-10-20-46(44)56-47-21-11-9-19-45(47)51)50-54-48(33-13-2-1-3-14-33)53-49(55-50)36-23-22-32-12-4-5-15-34(32)28-36/h1-30H. The van der Waals surface area contributed by atoms with E-state index in [-0.39, 0.29) is 0 Å². The second-order valence-corrected chi connectivity index (χ2v) is 15.3. The Morgan fingerprint density at radius 2 is 0.911 bits per heavy atom. The van der Waals surface area contributed by atoms with Gasteiger partial charge in [-0.3, -0.25) is 0 Å². The molecule has 0 saturated heterocycles. The molecule has 1 spiro atoms. The number of nitriles is 1. The molecule has 0 amide bonds. The van der Waals surface area contributed by atoms with Crippen LogP contribution in [0.2, 0.25) is 0 Å². The summed E-state index contributed by atoms with van der Waals surface area (Å²) in [5, 5.41) is 12.4. The van der Waals surface area contributed by atoms with E-state index in [1.165, 1.54) is 37.4 Å². The number of hydrogen-bond donors (Lipinski definition) is 0. The largest absolute Gasteiger partial charge is 0.208 e. The van der Waals surface area contributed by atoms with Gasteiger partial charge in [0.25, 0.3) is 0 Å². The van der Waals surface area contributed by atoms with Crippen LogP contribution in [0, 0.1) is 11.3 Å². The third-order valence-corrected chi connectivity index (χ3v) is 12.4. The predicted molar refractivity (Wildman–Crippen MR) is 225 cm³/mol. The molecule has 0 N–H and O–H groups in total. The first-order valence-electron chi connectivity index (χ1n) is 18.7. The van der Waals surface area contributed by atoms with Crippen molar-refractivity contribution in [3.05, 3.63) is 210 Å². The van der Waals surface area contributed by atoms with Crippen molar-refractivity contribution in [1.29, 1.82) is 5.26 Å². The second-order valence-electron chi connectivity index (χ2n) is 14.3. The first kappa shape index (κ1) is 32.3. The fourth-order valence-electron chi connectivity index (χ4n) is 8.73. The molecule has 0 radical (unpaired) electrons. The molecule has 0 bridgehead atoms. The average Bonchev–Trinajstić information content (AvgIpc) is 3.55. The Bertz CT molecular complexity index is 3050. The summed E-state index contributed by atoms with van der Waals surface area (Å²) in [6, 6.07) is 66.2. The van der Waals surface area contributed by atoms with Gasteiger partial charge in [0.2, 0.25) is 0 Å². The van der Waals surface area contributed by atoms with Crippen molar-refractivity contribution in [2.45, 2.75) is 15.2 Å². The summed E-state index contributed by atoms with van der Waals surface area (Å²) in [7, 11) is 0. The highest BCUT2D eigenvalue weighted by atomic mass is 32.2. The molecular weight excluding hydrogens is 701 g/mol. The molecule has 5 heteroatoms. The molecule has 0 atom stereocenters. The molecule has 4 nitrogen and oxygen atoms in total. The topological polar surface area (TPSA) is 62.5 Å². The van der Waals surface area contributed by atoms with Crippen LogP contribution in [0.15, 0.2) is 192 Å². The summed E-state index contributed by atoms with van der Waals surface area (Å²) in [5.74, 6) is 1.86. The van der Waals surface area contributed by atoms with Gasteiger partial charge in [0.1, 0.15) is 0 Å². The van der Waals surface area contributed by atoms with Gasteiger partial charge in [-0.25, -0.2) is 15.0 Å². The smallest absolute Gasteiger partial charge is 0.164 e. The number of aromatic nitrogens is 3. The fraction of sp³-hybridized carbons (Fsp3) is 0.0196. The Hall–Kier alpha value is -7.13. The van der Waals surface area contributed by atoms with Crippen LogP contribution in [-0.4, -0.2) is 15.0 Å². The zero-order chi connectivity index (χ0) is 37.2. The molecule has 1 aromatic heterocycles. The van der Waals surface area contributed by atoms with Crippen molar-refractivity contribution in [1.82, 2.24) is 15.0 Å². The van der Waals surface area contributed by atoms with Crippen LogP contribution in [0.5, 0.6) is 0 Å². The van der Waals surface area contributed by atoms with Gasteiger partial charge in [0.05, 0.1) is 17.0 Å². The van der Waals surface area contributed by atoms with Gasteiger partial charge in [-0.2, -0.15) is 5.26 Å². The highest BCUT2D eigenvalue weighted by molar-refractivity contribution is 7.99. The quantitative estimate of drug-likeness (QED) is 0.180. The first-order chi connectivity index (χ1) is 27.7. The van der Waals surface area contributed by atoms with Gasteiger partial charge < -0.3 is 0 Å². The average molecular weight is 731 g/mol. The van der Waals surface area contributed by atoms with Crippen LogP contribution in [0.1, 0.15) is 27.8 Å². The van der Waals surface area contributed by atoms with Gasteiger partial charge in [0, 0.05) is 26.5 Å². The van der Waals surface area contributed by atoms with Crippen LogP contribution in [0.25, 0.3) is 67.2 Å². The molecule has 56 heavy (non-hydrogen) atoms. The highest BCUT2D eigenvalue weighted by Gasteiger charge is 2.50. The summed E-state index contributed by atoms with van der Waals surface area (Å²) < 4.78 is 0. The molecular formula is C51H30N4S. The van der Waals surface area contributed by atoms with Gasteiger partial charge in [-0.1, -0.05) is 157 Å². The number of nitrogens with zero attached hydrogens (tertiary/aromatic N) is 4. The molecule has 0 unspecified atom stereocenters. The molecule has 0 saturated carbocycles. The van der Waals surface area contributed by atoms with Crippen LogP contribution in [0.3, 0.4) is 0 Å². The Kier molecular flexibility index (Phi) is 7.35. The summed E-state index contributed by atoms with van der Waals surface area (Å²) >= 11 is 1.83. The van der Waals surface area contributed by atoms with Gasteiger partial charge in [0.15, 0.2) is 17.5 Å². The number of benzene rings is 8. The maximum Gasteiger partial charge on any atom is 0.164 e. The molecule has 0 fully saturated rings. The molecule has 2 aliphatic rings. The summed E-state index contributed by atoms with van der Waals surface area (Å²) in [4.78, 5) is 17.9. The van der Waals surface area contributed by atoms with Crippen molar-refractivity contribution < 1.29 is 0 Å². The summed E-state index contributed by atoms with van der Waals surface area (Å²) in [5.41, 5.74) is 12.0. The van der Waals surface area contributed by atoms with Crippen molar-refractivity contribution >= 4 is 22.5 Å². The van der Waals surface area contributed by atoms with Crippen LogP contribution in [0.4, 0.5) is 0 Å². The fourth-order valence-corrected chi connectivity index (χ4v) is 9.92. The van der Waals surface area contributed by atoms with E-state index in [9.17, 15) is 5.26 Å². The number of rotatable bonds is 4. The highest BCUT2D eigenvalue weighted by Crippen LogP contribution is 2.62. The molecule has 1 aliphatic carbocycles. The Morgan fingerprint density at radius 1 is 0.393 bits per heavy atom.